The molecule has 4 nitrogen and oxygen atoms in total. The molecule has 0 saturated carbocycles. The Kier molecular flexibility index (Phi) is 5.61. The molecule has 0 spiro atoms. The van der Waals surface area contributed by atoms with Gasteiger partial charge < -0.3 is 4.90 Å². The Hall–Kier alpha value is -3.09. The van der Waals surface area contributed by atoms with Gasteiger partial charge in [0.15, 0.2) is 0 Å². The quantitative estimate of drug-likeness (QED) is 0.603. The average molecular weight is 442 g/mol. The van der Waals surface area contributed by atoms with E-state index in [9.17, 15) is 22.8 Å². The van der Waals surface area contributed by atoms with Crippen LogP contribution in [0.5, 0.6) is 0 Å². The van der Waals surface area contributed by atoms with Crippen molar-refractivity contribution in [1.29, 1.82) is 0 Å². The third-order valence-electron chi connectivity index (χ3n) is 6.28. The molecule has 2 amide bonds. The number of rotatable bonds is 3. The standard InChI is InChI=1S/C25H25F3N2O2/c1-15-5-4-12-29(14-15)22-21(18-7-6-16(2)17(3)13-18)23(31)30(24(22)32)20-10-8-19(9-11-20)25(26,27)28/h6-11,13,15H,4-5,12,14H2,1-3H3. The zero-order valence-corrected chi connectivity index (χ0v) is 18.3. The number of nitrogens with zero attached hydrogens (tertiary/aromatic N) is 2. The molecule has 0 bridgehead atoms. The van der Waals surface area contributed by atoms with Gasteiger partial charge in [0.05, 0.1) is 16.8 Å². The van der Waals surface area contributed by atoms with Gasteiger partial charge in [-0.05, 0) is 73.6 Å². The van der Waals surface area contributed by atoms with Crippen molar-refractivity contribution >= 4 is 23.1 Å². The predicted molar refractivity (Wildman–Crippen MR) is 117 cm³/mol. The molecule has 1 saturated heterocycles. The highest BCUT2D eigenvalue weighted by atomic mass is 19.4. The van der Waals surface area contributed by atoms with Gasteiger partial charge in [0.25, 0.3) is 11.8 Å². The summed E-state index contributed by atoms with van der Waals surface area (Å²) in [4.78, 5) is 30.0. The number of carbonyl (C=O) groups is 2. The summed E-state index contributed by atoms with van der Waals surface area (Å²) in [7, 11) is 0. The molecule has 0 aliphatic carbocycles. The number of benzene rings is 2. The van der Waals surface area contributed by atoms with E-state index in [1.54, 1.807) is 0 Å². The van der Waals surface area contributed by atoms with Crippen LogP contribution in [0.4, 0.5) is 18.9 Å². The molecule has 1 atom stereocenters. The van der Waals surface area contributed by atoms with Gasteiger partial charge in [-0.3, -0.25) is 9.59 Å². The second kappa shape index (κ2) is 8.11. The van der Waals surface area contributed by atoms with E-state index in [-0.39, 0.29) is 5.69 Å². The molecular formula is C25H25F3N2O2. The summed E-state index contributed by atoms with van der Waals surface area (Å²) in [6, 6.07) is 9.77. The van der Waals surface area contributed by atoms with Crippen LogP contribution in [0.1, 0.15) is 42.0 Å². The molecule has 2 aromatic carbocycles. The van der Waals surface area contributed by atoms with Crippen LogP contribution in [0.3, 0.4) is 0 Å². The SMILES string of the molecule is Cc1ccc(C2=C(N3CCCC(C)C3)C(=O)N(c3ccc(C(F)(F)F)cc3)C2=O)cc1C. The van der Waals surface area contributed by atoms with Crippen LogP contribution < -0.4 is 4.90 Å². The molecule has 0 radical (unpaired) electrons. The van der Waals surface area contributed by atoms with Gasteiger partial charge in [-0.15, -0.1) is 0 Å². The van der Waals surface area contributed by atoms with E-state index in [0.29, 0.717) is 35.8 Å². The largest absolute Gasteiger partial charge is 0.416 e. The summed E-state index contributed by atoms with van der Waals surface area (Å²) in [5.74, 6) is -0.622. The highest BCUT2D eigenvalue weighted by Crippen LogP contribution is 2.38. The number of carbonyl (C=O) groups excluding carboxylic acids is 2. The Morgan fingerprint density at radius 3 is 2.22 bits per heavy atom. The smallest absolute Gasteiger partial charge is 0.366 e. The van der Waals surface area contributed by atoms with Crippen LogP contribution in [0.25, 0.3) is 5.57 Å². The maximum absolute atomic E-state index is 13.5. The summed E-state index contributed by atoms with van der Waals surface area (Å²) in [6.45, 7) is 7.34. The van der Waals surface area contributed by atoms with Crippen molar-refractivity contribution in [2.24, 2.45) is 5.92 Å². The van der Waals surface area contributed by atoms with Crippen LogP contribution in [0.2, 0.25) is 0 Å². The Morgan fingerprint density at radius 2 is 1.62 bits per heavy atom. The van der Waals surface area contributed by atoms with E-state index in [1.807, 2.05) is 36.9 Å². The van der Waals surface area contributed by atoms with Gasteiger partial charge in [0, 0.05) is 13.1 Å². The fourth-order valence-electron chi connectivity index (χ4n) is 4.40. The minimum absolute atomic E-state index is 0.134. The first-order valence-electron chi connectivity index (χ1n) is 10.7. The topological polar surface area (TPSA) is 40.6 Å². The molecule has 168 valence electrons. The minimum atomic E-state index is -4.49. The van der Waals surface area contributed by atoms with E-state index in [2.05, 4.69) is 6.92 Å². The number of alkyl halides is 3. The van der Waals surface area contributed by atoms with Gasteiger partial charge in [-0.1, -0.05) is 25.1 Å². The summed E-state index contributed by atoms with van der Waals surface area (Å²) in [6.07, 6.45) is -2.53. The Morgan fingerprint density at radius 1 is 0.938 bits per heavy atom. The molecule has 0 N–H and O–H groups in total. The molecule has 2 aliphatic rings. The van der Waals surface area contributed by atoms with Crippen LogP contribution in [-0.4, -0.2) is 29.8 Å². The van der Waals surface area contributed by atoms with E-state index in [0.717, 1.165) is 41.0 Å². The lowest BCUT2D eigenvalue weighted by Crippen LogP contribution is -2.39. The molecular weight excluding hydrogens is 417 g/mol. The fraction of sp³-hybridized carbons (Fsp3) is 0.360. The third kappa shape index (κ3) is 3.92. The second-order valence-electron chi connectivity index (χ2n) is 8.71. The normalized spacial score (nSPS) is 19.9. The lowest BCUT2D eigenvalue weighted by atomic mass is 9.96. The van der Waals surface area contributed by atoms with Crippen LogP contribution >= 0.6 is 0 Å². The molecule has 2 aliphatic heterocycles. The molecule has 1 unspecified atom stereocenters. The van der Waals surface area contributed by atoms with E-state index in [1.165, 1.54) is 12.1 Å². The Labute approximate surface area is 185 Å². The first kappa shape index (κ1) is 22.1. The molecule has 7 heteroatoms. The number of hydrogen-bond acceptors (Lipinski definition) is 3. The minimum Gasteiger partial charge on any atom is -0.366 e. The number of hydrogen-bond donors (Lipinski definition) is 0. The lowest BCUT2D eigenvalue weighted by Gasteiger charge is -2.33. The average Bonchev–Trinajstić information content (AvgIpc) is 2.99. The lowest BCUT2D eigenvalue weighted by molar-refractivity contribution is -0.137. The zero-order chi connectivity index (χ0) is 23.2. The number of anilines is 1. The highest BCUT2D eigenvalue weighted by molar-refractivity contribution is 6.45. The molecule has 2 aromatic rings. The second-order valence-corrected chi connectivity index (χ2v) is 8.71. The first-order chi connectivity index (χ1) is 15.1. The summed E-state index contributed by atoms with van der Waals surface area (Å²) in [5.41, 5.74) is 2.67. The van der Waals surface area contributed by atoms with Crippen molar-refractivity contribution in [2.75, 3.05) is 18.0 Å². The van der Waals surface area contributed by atoms with Gasteiger partial charge in [-0.25, -0.2) is 4.90 Å². The van der Waals surface area contributed by atoms with Gasteiger partial charge in [0.1, 0.15) is 5.70 Å². The zero-order valence-electron chi connectivity index (χ0n) is 18.3. The predicted octanol–water partition coefficient (Wildman–Crippen LogP) is 5.34. The maximum Gasteiger partial charge on any atom is 0.416 e. The van der Waals surface area contributed by atoms with Crippen molar-refractivity contribution in [3.8, 4) is 0 Å². The number of piperidine rings is 1. The first-order valence-corrected chi connectivity index (χ1v) is 10.7. The van der Waals surface area contributed by atoms with Crippen molar-refractivity contribution in [3.05, 3.63) is 70.4 Å². The van der Waals surface area contributed by atoms with Crippen molar-refractivity contribution in [2.45, 2.75) is 39.8 Å². The van der Waals surface area contributed by atoms with Crippen molar-refractivity contribution in [1.82, 2.24) is 4.90 Å². The Bertz CT molecular complexity index is 1100. The fourth-order valence-corrected chi connectivity index (χ4v) is 4.40. The molecule has 4 rings (SSSR count). The van der Waals surface area contributed by atoms with Crippen molar-refractivity contribution < 1.29 is 22.8 Å². The number of likely N-dealkylation sites (tertiary alicyclic amines) is 1. The number of amides is 2. The molecule has 1 fully saturated rings. The maximum atomic E-state index is 13.5. The summed E-state index contributed by atoms with van der Waals surface area (Å²) in [5, 5.41) is 0. The van der Waals surface area contributed by atoms with Gasteiger partial charge in [0.2, 0.25) is 0 Å². The van der Waals surface area contributed by atoms with Gasteiger partial charge in [-0.2, -0.15) is 13.2 Å². The molecule has 0 aromatic heterocycles. The summed E-state index contributed by atoms with van der Waals surface area (Å²) >= 11 is 0. The Balaban J connectivity index is 1.80. The monoisotopic (exact) mass is 442 g/mol. The molecule has 2 heterocycles. The van der Waals surface area contributed by atoms with Crippen LogP contribution in [0.15, 0.2) is 48.2 Å². The van der Waals surface area contributed by atoms with E-state index in [4.69, 9.17) is 0 Å². The number of halogens is 3. The van der Waals surface area contributed by atoms with Crippen LogP contribution in [-0.2, 0) is 15.8 Å². The van der Waals surface area contributed by atoms with Crippen molar-refractivity contribution in [3.63, 3.8) is 0 Å². The molecule has 32 heavy (non-hydrogen) atoms. The van der Waals surface area contributed by atoms with E-state index >= 15 is 0 Å². The van der Waals surface area contributed by atoms with E-state index < -0.39 is 23.6 Å². The van der Waals surface area contributed by atoms with Gasteiger partial charge >= 0.3 is 6.18 Å². The number of imide groups is 1. The van der Waals surface area contributed by atoms with Crippen LogP contribution in [0, 0.1) is 19.8 Å². The third-order valence-corrected chi connectivity index (χ3v) is 6.28. The number of aryl methyl sites for hydroxylation is 2. The summed E-state index contributed by atoms with van der Waals surface area (Å²) < 4.78 is 38.9. The highest BCUT2D eigenvalue weighted by Gasteiger charge is 2.43.